The Hall–Kier alpha value is -1.29. The van der Waals surface area contributed by atoms with Gasteiger partial charge >= 0.3 is 0 Å². The quantitative estimate of drug-likeness (QED) is 0.441. The van der Waals surface area contributed by atoms with Gasteiger partial charge in [0, 0.05) is 15.7 Å². The van der Waals surface area contributed by atoms with E-state index in [0.29, 0.717) is 10.0 Å². The average molecular weight is 424 g/mol. The predicted octanol–water partition coefficient (Wildman–Crippen LogP) is 6.84. The van der Waals surface area contributed by atoms with Gasteiger partial charge < -0.3 is 0 Å². The zero-order valence-corrected chi connectivity index (χ0v) is 17.0. The number of hydrogen-bond donors (Lipinski definition) is 0. The van der Waals surface area contributed by atoms with E-state index < -0.39 is 0 Å². The summed E-state index contributed by atoms with van der Waals surface area (Å²) in [7, 11) is 0. The summed E-state index contributed by atoms with van der Waals surface area (Å²) in [5.74, 6) is 0. The fraction of sp³-hybridized carbons (Fsp3) is 0.211. The van der Waals surface area contributed by atoms with Crippen LogP contribution in [-0.2, 0) is 0 Å². The van der Waals surface area contributed by atoms with Gasteiger partial charge in [0.2, 0.25) is 0 Å². The third kappa shape index (κ3) is 3.01. The minimum absolute atomic E-state index is 0.549. The maximum absolute atomic E-state index is 6.19. The third-order valence-electron chi connectivity index (χ3n) is 4.29. The number of aryl methyl sites for hydroxylation is 3. The molecule has 0 amide bonds. The predicted molar refractivity (Wildman–Crippen MR) is 106 cm³/mol. The van der Waals surface area contributed by atoms with E-state index in [1.54, 1.807) is 0 Å². The molecule has 5 heteroatoms. The first-order chi connectivity index (χ1) is 11.3. The molecule has 0 unspecified atom stereocenters. The Morgan fingerprint density at radius 1 is 0.917 bits per heavy atom. The van der Waals surface area contributed by atoms with Gasteiger partial charge in [0.1, 0.15) is 0 Å². The largest absolute Gasteiger partial charge is 0.236 e. The van der Waals surface area contributed by atoms with E-state index >= 15 is 0 Å². The van der Waals surface area contributed by atoms with Crippen molar-refractivity contribution in [2.24, 2.45) is 0 Å². The molecule has 24 heavy (non-hydrogen) atoms. The smallest absolute Gasteiger partial charge is 0.0793 e. The zero-order chi connectivity index (χ0) is 17.6. The molecule has 1 heterocycles. The molecule has 0 bridgehead atoms. The Labute approximate surface area is 160 Å². The molecule has 0 spiro atoms. The Bertz CT molecular complexity index is 945. The number of hydrogen-bond acceptors (Lipinski definition) is 1. The van der Waals surface area contributed by atoms with E-state index in [9.17, 15) is 0 Å². The third-order valence-corrected chi connectivity index (χ3v) is 5.67. The summed E-state index contributed by atoms with van der Waals surface area (Å²) < 4.78 is 3.00. The van der Waals surface area contributed by atoms with Crippen LogP contribution in [-0.4, -0.2) is 9.78 Å². The minimum atomic E-state index is 0.549. The summed E-state index contributed by atoms with van der Waals surface area (Å²) in [6.45, 7) is 8.29. The van der Waals surface area contributed by atoms with Crippen LogP contribution in [0.15, 0.2) is 34.8 Å². The van der Waals surface area contributed by atoms with Gasteiger partial charge in [-0.25, -0.2) is 4.68 Å². The average Bonchev–Trinajstić information content (AvgIpc) is 2.81. The molecule has 0 fully saturated rings. The molecule has 0 atom stereocenters. The fourth-order valence-electron chi connectivity index (χ4n) is 2.87. The molecule has 0 saturated carbocycles. The van der Waals surface area contributed by atoms with E-state index in [-0.39, 0.29) is 0 Å². The van der Waals surface area contributed by atoms with Gasteiger partial charge in [0.25, 0.3) is 0 Å². The van der Waals surface area contributed by atoms with Gasteiger partial charge in [-0.15, -0.1) is 0 Å². The summed E-state index contributed by atoms with van der Waals surface area (Å²) in [6.07, 6.45) is 0. The number of aromatic nitrogens is 2. The second-order valence-corrected chi connectivity index (χ2v) is 7.64. The van der Waals surface area contributed by atoms with Crippen molar-refractivity contribution in [2.45, 2.75) is 27.7 Å². The van der Waals surface area contributed by atoms with E-state index in [0.717, 1.165) is 32.7 Å². The minimum Gasteiger partial charge on any atom is -0.236 e. The Morgan fingerprint density at radius 2 is 1.58 bits per heavy atom. The number of nitrogens with zero attached hydrogens (tertiary/aromatic N) is 2. The van der Waals surface area contributed by atoms with Crippen molar-refractivity contribution in [1.82, 2.24) is 9.78 Å². The maximum Gasteiger partial charge on any atom is 0.0793 e. The molecule has 0 aliphatic heterocycles. The molecule has 124 valence electrons. The van der Waals surface area contributed by atoms with Crippen molar-refractivity contribution in [3.05, 3.63) is 67.4 Å². The van der Waals surface area contributed by atoms with Gasteiger partial charge in [-0.1, -0.05) is 29.3 Å². The van der Waals surface area contributed by atoms with E-state index in [1.165, 1.54) is 11.1 Å². The number of benzene rings is 2. The van der Waals surface area contributed by atoms with Gasteiger partial charge in [-0.3, -0.25) is 0 Å². The van der Waals surface area contributed by atoms with Crippen LogP contribution in [0.4, 0.5) is 0 Å². The Morgan fingerprint density at radius 3 is 2.25 bits per heavy atom. The standard InChI is InChI=1S/C19H17BrCl2N2/c1-10-7-15(20)18(8-11(10)2)24-13(4)19(12(3)23-24)14-5-6-16(21)17(22)9-14/h5-9H,1-4H3. The van der Waals surface area contributed by atoms with Crippen LogP contribution in [0.2, 0.25) is 10.0 Å². The number of rotatable bonds is 2. The SMILES string of the molecule is Cc1cc(Br)c(-n2nc(C)c(-c3ccc(Cl)c(Cl)c3)c2C)cc1C. The molecule has 0 aliphatic rings. The molecule has 3 aromatic rings. The van der Waals surface area contributed by atoms with Crippen molar-refractivity contribution >= 4 is 39.1 Å². The van der Waals surface area contributed by atoms with Crippen molar-refractivity contribution in [2.75, 3.05) is 0 Å². The summed E-state index contributed by atoms with van der Waals surface area (Å²) in [6, 6.07) is 9.96. The van der Waals surface area contributed by atoms with Gasteiger partial charge in [0.15, 0.2) is 0 Å². The van der Waals surface area contributed by atoms with Crippen LogP contribution >= 0.6 is 39.1 Å². The molecular formula is C19H17BrCl2N2. The molecule has 2 nitrogen and oxygen atoms in total. The molecule has 1 aromatic heterocycles. The van der Waals surface area contributed by atoms with Gasteiger partial charge in [-0.05, 0) is 84.6 Å². The molecule has 0 radical (unpaired) electrons. The van der Waals surface area contributed by atoms with Crippen molar-refractivity contribution in [1.29, 1.82) is 0 Å². The lowest BCUT2D eigenvalue weighted by Gasteiger charge is -2.11. The summed E-state index contributed by atoms with van der Waals surface area (Å²) in [5, 5.41) is 5.86. The molecular weight excluding hydrogens is 407 g/mol. The summed E-state index contributed by atoms with van der Waals surface area (Å²) in [4.78, 5) is 0. The first-order valence-corrected chi connectivity index (χ1v) is 9.13. The first kappa shape index (κ1) is 17.5. The number of halogens is 3. The lowest BCUT2D eigenvalue weighted by molar-refractivity contribution is 0.828. The van der Waals surface area contributed by atoms with Crippen molar-refractivity contribution in [3.8, 4) is 16.8 Å². The van der Waals surface area contributed by atoms with Crippen molar-refractivity contribution in [3.63, 3.8) is 0 Å². The topological polar surface area (TPSA) is 17.8 Å². The normalized spacial score (nSPS) is 11.1. The zero-order valence-electron chi connectivity index (χ0n) is 13.9. The van der Waals surface area contributed by atoms with E-state index in [4.69, 9.17) is 28.3 Å². The highest BCUT2D eigenvalue weighted by atomic mass is 79.9. The highest BCUT2D eigenvalue weighted by Crippen LogP contribution is 2.34. The summed E-state index contributed by atoms with van der Waals surface area (Å²) in [5.41, 5.74) is 7.63. The van der Waals surface area contributed by atoms with Crippen LogP contribution in [0, 0.1) is 27.7 Å². The molecule has 2 aromatic carbocycles. The molecule has 3 rings (SSSR count). The van der Waals surface area contributed by atoms with Crippen LogP contribution in [0.3, 0.4) is 0 Å². The maximum atomic E-state index is 6.19. The second kappa shape index (κ2) is 6.55. The van der Waals surface area contributed by atoms with Crippen LogP contribution in [0.25, 0.3) is 16.8 Å². The lowest BCUT2D eigenvalue weighted by atomic mass is 10.0. The highest BCUT2D eigenvalue weighted by Gasteiger charge is 2.17. The van der Waals surface area contributed by atoms with Crippen LogP contribution in [0.1, 0.15) is 22.5 Å². The van der Waals surface area contributed by atoms with E-state index in [1.807, 2.05) is 29.8 Å². The van der Waals surface area contributed by atoms with Crippen molar-refractivity contribution < 1.29 is 0 Å². The van der Waals surface area contributed by atoms with E-state index in [2.05, 4.69) is 48.8 Å². The van der Waals surface area contributed by atoms with Gasteiger partial charge in [-0.2, -0.15) is 5.10 Å². The van der Waals surface area contributed by atoms with Crippen LogP contribution in [0.5, 0.6) is 0 Å². The Balaban J connectivity index is 2.20. The highest BCUT2D eigenvalue weighted by molar-refractivity contribution is 9.10. The molecule has 0 aliphatic carbocycles. The lowest BCUT2D eigenvalue weighted by Crippen LogP contribution is -2.01. The fourth-order valence-corrected chi connectivity index (χ4v) is 3.80. The Kier molecular flexibility index (Phi) is 4.78. The second-order valence-electron chi connectivity index (χ2n) is 5.97. The first-order valence-electron chi connectivity index (χ1n) is 7.58. The van der Waals surface area contributed by atoms with Crippen LogP contribution < -0.4 is 0 Å². The molecule has 0 N–H and O–H groups in total. The monoisotopic (exact) mass is 422 g/mol. The summed E-state index contributed by atoms with van der Waals surface area (Å²) >= 11 is 15.9. The van der Waals surface area contributed by atoms with Gasteiger partial charge in [0.05, 0.1) is 21.4 Å². The molecule has 0 saturated heterocycles.